The fraction of sp³-hybridized carbons (Fsp3) is 0.545. The molecule has 2 N–H and O–H groups in total. The molecule has 0 radical (unpaired) electrons. The molecule has 1 aromatic heterocycles. The molecule has 7 heteroatoms. The lowest BCUT2D eigenvalue weighted by atomic mass is 9.98. The van der Waals surface area contributed by atoms with E-state index in [2.05, 4.69) is 30.7 Å². The van der Waals surface area contributed by atoms with Crippen LogP contribution in [-0.2, 0) is 4.79 Å². The van der Waals surface area contributed by atoms with Gasteiger partial charge in [0.2, 0.25) is 6.41 Å². The van der Waals surface area contributed by atoms with Crippen LogP contribution in [0.25, 0.3) is 11.0 Å². The molecule has 1 heterocycles. The maximum absolute atomic E-state index is 13.4. The first-order valence-electron chi connectivity index (χ1n) is 10.1. The topological polar surface area (TPSA) is 67.2 Å². The highest BCUT2D eigenvalue weighted by molar-refractivity contribution is 5.75. The summed E-state index contributed by atoms with van der Waals surface area (Å²) in [6.07, 6.45) is 5.32. The number of aromatic nitrogens is 2. The summed E-state index contributed by atoms with van der Waals surface area (Å²) in [7, 11) is 0. The van der Waals surface area contributed by atoms with Gasteiger partial charge in [0.25, 0.3) is 0 Å². The van der Waals surface area contributed by atoms with E-state index in [1.54, 1.807) is 6.33 Å². The number of fused-ring (bicyclic) bond motifs is 2. The normalized spacial score (nSPS) is 24.8. The molecule has 2 unspecified atom stereocenters. The van der Waals surface area contributed by atoms with Crippen molar-refractivity contribution >= 4 is 17.4 Å². The van der Waals surface area contributed by atoms with Crippen LogP contribution < -0.4 is 5.32 Å². The standard InChI is InChI=1S/C16H18F2N2.C6H11NO2/c1-8(2)16-10-3-9(4-11(10)16)20-7-19-14-5-12(17)13(18)6-15(14)20;1-6(4-8)2-3-7-5-9/h5-11,16H,3-4H2,1-2H3;5,8H,1-4H2,(H,7,9). The number of aliphatic hydroxyl groups excluding tert-OH is 1. The summed E-state index contributed by atoms with van der Waals surface area (Å²) in [4.78, 5) is 13.9. The lowest BCUT2D eigenvalue weighted by Gasteiger charge is -2.18. The van der Waals surface area contributed by atoms with Gasteiger partial charge in [0.05, 0.1) is 24.0 Å². The molecule has 1 amide bonds. The number of hydrogen-bond acceptors (Lipinski definition) is 3. The van der Waals surface area contributed by atoms with Gasteiger partial charge in [-0.05, 0) is 42.9 Å². The highest BCUT2D eigenvalue weighted by Gasteiger charge is 2.57. The zero-order chi connectivity index (χ0) is 21.1. The van der Waals surface area contributed by atoms with Crippen LogP contribution in [0.2, 0.25) is 0 Å². The number of benzene rings is 1. The third-order valence-corrected chi connectivity index (χ3v) is 6.20. The van der Waals surface area contributed by atoms with Gasteiger partial charge in [-0.25, -0.2) is 13.8 Å². The molecule has 0 bridgehead atoms. The molecular formula is C22H29F2N3O2. The third-order valence-electron chi connectivity index (χ3n) is 6.20. The average molecular weight is 405 g/mol. The molecule has 29 heavy (non-hydrogen) atoms. The maximum Gasteiger partial charge on any atom is 0.207 e. The number of carbonyl (C=O) groups excluding carboxylic acids is 1. The Bertz CT molecular complexity index is 868. The number of aliphatic hydroxyl groups is 1. The van der Waals surface area contributed by atoms with E-state index in [4.69, 9.17) is 5.11 Å². The van der Waals surface area contributed by atoms with Gasteiger partial charge in [-0.1, -0.05) is 26.0 Å². The van der Waals surface area contributed by atoms with Crippen LogP contribution >= 0.6 is 0 Å². The number of hydrogen-bond donors (Lipinski definition) is 2. The molecule has 2 aliphatic carbocycles. The lowest BCUT2D eigenvalue weighted by molar-refractivity contribution is -0.109. The predicted octanol–water partition coefficient (Wildman–Crippen LogP) is 3.84. The molecule has 0 aliphatic heterocycles. The average Bonchev–Trinajstić information content (AvgIpc) is 3.00. The van der Waals surface area contributed by atoms with E-state index in [0.717, 1.165) is 47.6 Å². The number of rotatable bonds is 7. The van der Waals surface area contributed by atoms with Crippen LogP contribution in [0, 0.1) is 35.3 Å². The van der Waals surface area contributed by atoms with Crippen LogP contribution in [0.4, 0.5) is 8.78 Å². The van der Waals surface area contributed by atoms with E-state index >= 15 is 0 Å². The molecule has 2 fully saturated rings. The van der Waals surface area contributed by atoms with Crippen molar-refractivity contribution in [3.63, 3.8) is 0 Å². The number of carbonyl (C=O) groups is 1. The van der Waals surface area contributed by atoms with Crippen molar-refractivity contribution in [1.29, 1.82) is 0 Å². The number of nitrogens with zero attached hydrogens (tertiary/aromatic N) is 2. The number of imidazole rings is 1. The second kappa shape index (κ2) is 9.03. The van der Waals surface area contributed by atoms with Gasteiger partial charge in [-0.2, -0.15) is 0 Å². The molecule has 0 spiro atoms. The molecule has 2 atom stereocenters. The summed E-state index contributed by atoms with van der Waals surface area (Å²) >= 11 is 0. The Hall–Kier alpha value is -2.28. The van der Waals surface area contributed by atoms with Crippen molar-refractivity contribution in [2.75, 3.05) is 13.2 Å². The molecule has 0 saturated heterocycles. The first kappa shape index (κ1) is 21.4. The summed E-state index contributed by atoms with van der Waals surface area (Å²) in [5, 5.41) is 10.9. The maximum atomic E-state index is 13.4. The molecule has 2 aromatic rings. The Morgan fingerprint density at radius 1 is 1.34 bits per heavy atom. The van der Waals surface area contributed by atoms with Gasteiger partial charge in [0.15, 0.2) is 11.6 Å². The largest absolute Gasteiger partial charge is 0.392 e. The second-order valence-corrected chi connectivity index (χ2v) is 8.41. The first-order valence-corrected chi connectivity index (χ1v) is 10.1. The number of nitrogens with one attached hydrogen (secondary N) is 1. The third kappa shape index (κ3) is 4.66. The van der Waals surface area contributed by atoms with Crippen molar-refractivity contribution in [2.45, 2.75) is 39.2 Å². The molecule has 5 nitrogen and oxygen atoms in total. The molecule has 158 valence electrons. The Morgan fingerprint density at radius 2 is 2.00 bits per heavy atom. The smallest absolute Gasteiger partial charge is 0.207 e. The van der Waals surface area contributed by atoms with Gasteiger partial charge in [0.1, 0.15) is 0 Å². The van der Waals surface area contributed by atoms with E-state index < -0.39 is 11.6 Å². The highest BCUT2D eigenvalue weighted by Crippen LogP contribution is 2.63. The van der Waals surface area contributed by atoms with Crippen molar-refractivity contribution in [3.05, 3.63) is 42.2 Å². The van der Waals surface area contributed by atoms with Crippen molar-refractivity contribution < 1.29 is 18.7 Å². The zero-order valence-electron chi connectivity index (χ0n) is 16.9. The van der Waals surface area contributed by atoms with Gasteiger partial charge in [0, 0.05) is 24.7 Å². The number of amides is 1. The van der Waals surface area contributed by atoms with E-state index in [1.165, 1.54) is 12.1 Å². The molecule has 1 aromatic carbocycles. The zero-order valence-corrected chi connectivity index (χ0v) is 16.9. The van der Waals surface area contributed by atoms with Crippen LogP contribution in [0.5, 0.6) is 0 Å². The molecule has 4 rings (SSSR count). The van der Waals surface area contributed by atoms with E-state index in [1.807, 2.05) is 4.57 Å². The Labute approximate surface area is 169 Å². The van der Waals surface area contributed by atoms with Crippen LogP contribution in [0.3, 0.4) is 0 Å². The monoisotopic (exact) mass is 405 g/mol. The Morgan fingerprint density at radius 3 is 2.59 bits per heavy atom. The van der Waals surface area contributed by atoms with Crippen LogP contribution in [0.15, 0.2) is 30.6 Å². The summed E-state index contributed by atoms with van der Waals surface area (Å²) in [6.45, 7) is 8.69. The minimum atomic E-state index is -0.822. The van der Waals surface area contributed by atoms with Crippen LogP contribution in [0.1, 0.15) is 39.2 Å². The second-order valence-electron chi connectivity index (χ2n) is 8.41. The Kier molecular flexibility index (Phi) is 6.67. The van der Waals surface area contributed by atoms with Crippen molar-refractivity contribution in [1.82, 2.24) is 14.9 Å². The fourth-order valence-corrected chi connectivity index (χ4v) is 4.78. The quantitative estimate of drug-likeness (QED) is 0.418. The van der Waals surface area contributed by atoms with E-state index in [-0.39, 0.29) is 6.61 Å². The highest BCUT2D eigenvalue weighted by atomic mass is 19.2. The summed E-state index contributed by atoms with van der Waals surface area (Å²) in [5.74, 6) is 1.66. The summed E-state index contributed by atoms with van der Waals surface area (Å²) in [6, 6.07) is 2.87. The summed E-state index contributed by atoms with van der Waals surface area (Å²) in [5.41, 5.74) is 2.01. The van der Waals surface area contributed by atoms with Gasteiger partial charge < -0.3 is 15.0 Å². The van der Waals surface area contributed by atoms with Crippen LogP contribution in [-0.4, -0.2) is 34.2 Å². The van der Waals surface area contributed by atoms with Gasteiger partial charge >= 0.3 is 0 Å². The van der Waals surface area contributed by atoms with E-state index in [9.17, 15) is 13.6 Å². The predicted molar refractivity (Wildman–Crippen MR) is 108 cm³/mol. The molecule has 2 aliphatic rings. The van der Waals surface area contributed by atoms with Crippen molar-refractivity contribution in [2.24, 2.45) is 23.7 Å². The lowest BCUT2D eigenvalue weighted by Crippen LogP contribution is -2.13. The first-order chi connectivity index (χ1) is 13.9. The minimum absolute atomic E-state index is 0.000533. The molecule has 2 saturated carbocycles. The van der Waals surface area contributed by atoms with Gasteiger partial charge in [-0.15, -0.1) is 0 Å². The Balaban J connectivity index is 0.000000229. The fourth-order valence-electron chi connectivity index (χ4n) is 4.78. The number of halogens is 2. The van der Waals surface area contributed by atoms with Crippen molar-refractivity contribution in [3.8, 4) is 0 Å². The molecular weight excluding hydrogens is 376 g/mol. The van der Waals surface area contributed by atoms with E-state index in [0.29, 0.717) is 30.9 Å². The van der Waals surface area contributed by atoms with Gasteiger partial charge in [-0.3, -0.25) is 4.79 Å². The minimum Gasteiger partial charge on any atom is -0.392 e. The summed E-state index contributed by atoms with van der Waals surface area (Å²) < 4.78 is 28.7. The SMILES string of the molecule is C=C(CO)CCNC=O.CC(C)C1C2CC(n3cnc4cc(F)c(F)cc43)CC21.